The predicted octanol–water partition coefficient (Wildman–Crippen LogP) is 3.20. The first-order valence-electron chi connectivity index (χ1n) is 4.18. The van der Waals surface area contributed by atoms with Gasteiger partial charge in [-0.05, 0) is 18.6 Å². The van der Waals surface area contributed by atoms with Crippen molar-refractivity contribution in [2.75, 3.05) is 12.4 Å². The summed E-state index contributed by atoms with van der Waals surface area (Å²) in [5.74, 6) is -0.162. The topological polar surface area (TPSA) is 12.0 Å². The van der Waals surface area contributed by atoms with Gasteiger partial charge < -0.3 is 5.32 Å². The second-order valence-corrected chi connectivity index (χ2v) is 2.19. The van der Waals surface area contributed by atoms with Gasteiger partial charge in [0.05, 0.1) is 5.69 Å². The third-order valence-corrected chi connectivity index (χ3v) is 1.46. The number of nitrogens with one attached hydrogen (secondary N) is 1. The molecule has 0 saturated heterocycles. The average Bonchev–Trinajstić information content (AvgIpc) is 2.13. The molecule has 0 atom stereocenters. The number of hydrogen-bond acceptors (Lipinski definition) is 1. The third kappa shape index (κ3) is 2.53. The molecule has 0 aromatic heterocycles. The van der Waals surface area contributed by atoms with Crippen LogP contribution in [0.25, 0.3) is 0 Å². The summed E-state index contributed by atoms with van der Waals surface area (Å²) in [6.07, 6.45) is 0. The Hall–Kier alpha value is -1.05. The van der Waals surface area contributed by atoms with Gasteiger partial charge in [-0.2, -0.15) is 0 Å². The van der Waals surface area contributed by atoms with Gasteiger partial charge in [0.25, 0.3) is 0 Å². The van der Waals surface area contributed by atoms with Gasteiger partial charge in [-0.1, -0.05) is 26.0 Å². The van der Waals surface area contributed by atoms with E-state index in [1.54, 1.807) is 26.1 Å². The zero-order valence-electron chi connectivity index (χ0n) is 8.11. The maximum atomic E-state index is 12.9. The van der Waals surface area contributed by atoms with E-state index in [1.807, 2.05) is 19.9 Å². The smallest absolute Gasteiger partial charge is 0.149 e. The monoisotopic (exact) mass is 169 g/mol. The largest absolute Gasteiger partial charge is 0.386 e. The minimum Gasteiger partial charge on any atom is -0.386 e. The minimum atomic E-state index is -0.162. The summed E-state index contributed by atoms with van der Waals surface area (Å²) in [6.45, 7) is 5.75. The fourth-order valence-electron chi connectivity index (χ4n) is 0.841. The molecule has 12 heavy (non-hydrogen) atoms. The first-order chi connectivity index (χ1) is 5.75. The summed E-state index contributed by atoms with van der Waals surface area (Å²) < 4.78 is 12.9. The van der Waals surface area contributed by atoms with Crippen LogP contribution in [-0.2, 0) is 0 Å². The molecule has 1 aromatic carbocycles. The maximum absolute atomic E-state index is 12.9. The van der Waals surface area contributed by atoms with E-state index in [2.05, 4.69) is 5.32 Å². The van der Waals surface area contributed by atoms with Crippen LogP contribution in [0.15, 0.2) is 18.2 Å². The molecule has 0 aliphatic carbocycles. The van der Waals surface area contributed by atoms with Crippen LogP contribution in [-0.4, -0.2) is 7.05 Å². The van der Waals surface area contributed by atoms with Crippen LogP contribution in [0, 0.1) is 12.7 Å². The van der Waals surface area contributed by atoms with Crippen molar-refractivity contribution in [1.82, 2.24) is 0 Å². The first-order valence-corrected chi connectivity index (χ1v) is 4.18. The number of aryl methyl sites for hydroxylation is 1. The molecule has 1 N–H and O–H groups in total. The van der Waals surface area contributed by atoms with Crippen LogP contribution in [0.1, 0.15) is 19.4 Å². The Labute approximate surface area is 73.6 Å². The van der Waals surface area contributed by atoms with Crippen molar-refractivity contribution in [3.63, 3.8) is 0 Å². The second-order valence-electron chi connectivity index (χ2n) is 2.19. The summed E-state index contributed by atoms with van der Waals surface area (Å²) in [5.41, 5.74) is 1.23. The van der Waals surface area contributed by atoms with Crippen LogP contribution in [0.3, 0.4) is 0 Å². The maximum Gasteiger partial charge on any atom is 0.149 e. The van der Waals surface area contributed by atoms with Crippen LogP contribution in [0.4, 0.5) is 10.1 Å². The standard InChI is InChI=1S/C8H10FN.C2H6/c1-6-4-3-5-7(10-2)8(6)9;1-2/h3-5,10H,1-2H3;1-2H3. The molecule has 2 heteroatoms. The molecule has 0 saturated carbocycles. The highest BCUT2D eigenvalue weighted by atomic mass is 19.1. The van der Waals surface area contributed by atoms with Crippen LogP contribution in [0.5, 0.6) is 0 Å². The van der Waals surface area contributed by atoms with Crippen molar-refractivity contribution >= 4 is 5.69 Å². The van der Waals surface area contributed by atoms with Crippen molar-refractivity contribution in [2.24, 2.45) is 0 Å². The number of anilines is 1. The molecule has 0 aliphatic heterocycles. The van der Waals surface area contributed by atoms with Gasteiger partial charge in [-0.15, -0.1) is 0 Å². The number of halogens is 1. The molecule has 1 rings (SSSR count). The van der Waals surface area contributed by atoms with Gasteiger partial charge in [-0.3, -0.25) is 0 Å². The number of hydrogen-bond donors (Lipinski definition) is 1. The predicted molar refractivity (Wildman–Crippen MR) is 52.0 cm³/mol. The highest BCUT2D eigenvalue weighted by Crippen LogP contribution is 2.15. The van der Waals surface area contributed by atoms with E-state index >= 15 is 0 Å². The number of benzene rings is 1. The molecular formula is C10H16FN. The van der Waals surface area contributed by atoms with Crippen molar-refractivity contribution < 1.29 is 4.39 Å². The van der Waals surface area contributed by atoms with E-state index in [4.69, 9.17) is 0 Å². The van der Waals surface area contributed by atoms with Gasteiger partial charge in [0.2, 0.25) is 0 Å². The SMILES string of the molecule is CC.CNc1cccc(C)c1F. The Kier molecular flexibility index (Phi) is 5.09. The Morgan fingerprint density at radius 1 is 1.25 bits per heavy atom. The molecule has 1 nitrogen and oxygen atoms in total. The quantitative estimate of drug-likeness (QED) is 0.680. The highest BCUT2D eigenvalue weighted by molar-refractivity contribution is 5.46. The lowest BCUT2D eigenvalue weighted by atomic mass is 10.2. The fourth-order valence-corrected chi connectivity index (χ4v) is 0.841. The van der Waals surface area contributed by atoms with E-state index in [0.717, 1.165) is 0 Å². The Morgan fingerprint density at radius 2 is 1.83 bits per heavy atom. The van der Waals surface area contributed by atoms with Gasteiger partial charge in [0.15, 0.2) is 0 Å². The van der Waals surface area contributed by atoms with Gasteiger partial charge in [-0.25, -0.2) is 4.39 Å². The van der Waals surface area contributed by atoms with Gasteiger partial charge in [0.1, 0.15) is 5.82 Å². The molecule has 0 spiro atoms. The summed E-state index contributed by atoms with van der Waals surface area (Å²) in [4.78, 5) is 0. The number of rotatable bonds is 1. The van der Waals surface area contributed by atoms with Gasteiger partial charge >= 0.3 is 0 Å². The Bertz CT molecular complexity index is 233. The molecule has 0 heterocycles. The van der Waals surface area contributed by atoms with Crippen LogP contribution < -0.4 is 5.32 Å². The lowest BCUT2D eigenvalue weighted by Crippen LogP contribution is -1.93. The van der Waals surface area contributed by atoms with Crippen molar-refractivity contribution in [3.8, 4) is 0 Å². The molecular weight excluding hydrogens is 153 g/mol. The van der Waals surface area contributed by atoms with E-state index in [9.17, 15) is 4.39 Å². The molecule has 68 valence electrons. The van der Waals surface area contributed by atoms with Crippen molar-refractivity contribution in [2.45, 2.75) is 20.8 Å². The van der Waals surface area contributed by atoms with Crippen LogP contribution in [0.2, 0.25) is 0 Å². The zero-order chi connectivity index (χ0) is 9.56. The van der Waals surface area contributed by atoms with Gasteiger partial charge in [0, 0.05) is 7.05 Å². The summed E-state index contributed by atoms with van der Waals surface area (Å²) in [6, 6.07) is 5.28. The molecule has 0 radical (unpaired) electrons. The lowest BCUT2D eigenvalue weighted by molar-refractivity contribution is 0.622. The van der Waals surface area contributed by atoms with Crippen molar-refractivity contribution in [3.05, 3.63) is 29.6 Å². The fraction of sp³-hybridized carbons (Fsp3) is 0.400. The summed E-state index contributed by atoms with van der Waals surface area (Å²) in [7, 11) is 1.71. The van der Waals surface area contributed by atoms with Crippen molar-refractivity contribution in [1.29, 1.82) is 0 Å². The molecule has 0 bridgehead atoms. The van der Waals surface area contributed by atoms with E-state index in [0.29, 0.717) is 11.3 Å². The van der Waals surface area contributed by atoms with E-state index < -0.39 is 0 Å². The van der Waals surface area contributed by atoms with E-state index in [1.165, 1.54) is 0 Å². The van der Waals surface area contributed by atoms with E-state index in [-0.39, 0.29) is 5.82 Å². The second kappa shape index (κ2) is 5.58. The molecule has 1 aromatic rings. The molecule has 0 aliphatic rings. The summed E-state index contributed by atoms with van der Waals surface area (Å²) in [5, 5.41) is 2.76. The van der Waals surface area contributed by atoms with Crippen LogP contribution >= 0.6 is 0 Å². The summed E-state index contributed by atoms with van der Waals surface area (Å²) >= 11 is 0. The zero-order valence-corrected chi connectivity index (χ0v) is 8.11. The third-order valence-electron chi connectivity index (χ3n) is 1.46. The molecule has 0 unspecified atom stereocenters. The first kappa shape index (κ1) is 11.0. The molecule has 0 amide bonds. The minimum absolute atomic E-state index is 0.162. The molecule has 0 fully saturated rings. The average molecular weight is 169 g/mol. The highest BCUT2D eigenvalue weighted by Gasteiger charge is 2.00. The lowest BCUT2D eigenvalue weighted by Gasteiger charge is -2.02. The Balaban J connectivity index is 0.000000561. The normalized spacial score (nSPS) is 8.42. The Morgan fingerprint density at radius 3 is 2.25 bits per heavy atom.